The van der Waals surface area contributed by atoms with Gasteiger partial charge in [0.15, 0.2) is 0 Å². The molecule has 1 saturated carbocycles. The Morgan fingerprint density at radius 3 is 2.33 bits per heavy atom. The van der Waals surface area contributed by atoms with E-state index in [0.29, 0.717) is 30.1 Å². The van der Waals surface area contributed by atoms with Gasteiger partial charge in [-0.2, -0.15) is 5.10 Å². The first-order valence-corrected chi connectivity index (χ1v) is 12.1. The molecule has 0 atom stereocenters. The topological polar surface area (TPSA) is 55.1 Å². The average Bonchev–Trinajstić information content (AvgIpc) is 3.23. The van der Waals surface area contributed by atoms with Gasteiger partial charge >= 0.3 is 0 Å². The molecule has 1 fully saturated rings. The van der Waals surface area contributed by atoms with E-state index in [0.717, 1.165) is 36.8 Å². The summed E-state index contributed by atoms with van der Waals surface area (Å²) in [5.74, 6) is 0.993. The fourth-order valence-electron chi connectivity index (χ4n) is 4.83. The number of anilines is 2. The number of nitrogens with one attached hydrogen (secondary N) is 1. The maximum atomic E-state index is 13.2. The van der Waals surface area contributed by atoms with Crippen LogP contribution < -0.4 is 15.8 Å². The summed E-state index contributed by atoms with van der Waals surface area (Å²) < 4.78 is 3.65. The predicted octanol–water partition coefficient (Wildman–Crippen LogP) is 5.11. The summed E-state index contributed by atoms with van der Waals surface area (Å²) in [5, 5.41) is 7.92. The van der Waals surface area contributed by atoms with Crippen molar-refractivity contribution in [1.82, 2.24) is 14.3 Å². The molecule has 1 aliphatic carbocycles. The van der Waals surface area contributed by atoms with Gasteiger partial charge in [0.05, 0.1) is 6.20 Å². The molecule has 3 aromatic rings. The summed E-state index contributed by atoms with van der Waals surface area (Å²) in [6, 6.07) is 11.3. The largest absolute Gasteiger partial charge is 0.378 e. The number of rotatable bonds is 7. The lowest BCUT2D eigenvalue weighted by Gasteiger charge is -2.30. The Morgan fingerprint density at radius 1 is 1.06 bits per heavy atom. The smallest absolute Gasteiger partial charge is 0.273 e. The normalized spacial score (nSPS) is 18.5. The first-order valence-electron chi connectivity index (χ1n) is 12.1. The third kappa shape index (κ3) is 5.49. The lowest BCUT2D eigenvalue weighted by Crippen LogP contribution is -2.31. The van der Waals surface area contributed by atoms with Gasteiger partial charge in [-0.15, -0.1) is 0 Å². The van der Waals surface area contributed by atoms with E-state index in [4.69, 9.17) is 0 Å². The molecule has 1 N–H and O–H groups in total. The highest BCUT2D eigenvalue weighted by Crippen LogP contribution is 2.34. The molecule has 2 aromatic heterocycles. The number of nitrogens with zero attached hydrogens (tertiary/aromatic N) is 4. The Balaban J connectivity index is 1.49. The van der Waals surface area contributed by atoms with Gasteiger partial charge in [-0.05, 0) is 61.3 Å². The number of hydrogen-bond donors (Lipinski definition) is 1. The molecule has 4 rings (SSSR count). The molecule has 0 bridgehead atoms. The molecule has 0 unspecified atom stereocenters. The van der Waals surface area contributed by atoms with E-state index >= 15 is 0 Å². The number of benzene rings is 1. The fourth-order valence-corrected chi connectivity index (χ4v) is 4.83. The summed E-state index contributed by atoms with van der Waals surface area (Å²) in [7, 11) is 6.06. The molecule has 0 radical (unpaired) electrons. The third-order valence-corrected chi connectivity index (χ3v) is 6.65. The van der Waals surface area contributed by atoms with Crippen molar-refractivity contribution in [3.8, 4) is 11.1 Å². The summed E-state index contributed by atoms with van der Waals surface area (Å²) in [4.78, 5) is 15.4. The van der Waals surface area contributed by atoms with E-state index < -0.39 is 0 Å². The second kappa shape index (κ2) is 9.86. The van der Waals surface area contributed by atoms with Crippen molar-refractivity contribution in [2.45, 2.75) is 58.0 Å². The molecule has 6 nitrogen and oxygen atoms in total. The molecular formula is C27H37N5O. The van der Waals surface area contributed by atoms with Crippen molar-refractivity contribution < 1.29 is 0 Å². The molecule has 0 spiro atoms. The molecule has 1 aliphatic rings. The molecule has 2 heterocycles. The number of pyridine rings is 1. The van der Waals surface area contributed by atoms with Crippen LogP contribution in [0.15, 0.2) is 53.7 Å². The van der Waals surface area contributed by atoms with Crippen LogP contribution in [0.25, 0.3) is 11.1 Å². The van der Waals surface area contributed by atoms with Crippen molar-refractivity contribution in [2.75, 3.05) is 24.3 Å². The maximum absolute atomic E-state index is 13.2. The van der Waals surface area contributed by atoms with Gasteiger partial charge in [-0.1, -0.05) is 26.0 Å². The first-order chi connectivity index (χ1) is 15.8. The minimum absolute atomic E-state index is 0.0674. The minimum atomic E-state index is 0.0674. The molecule has 0 saturated heterocycles. The van der Waals surface area contributed by atoms with Crippen LogP contribution in [0.2, 0.25) is 0 Å². The van der Waals surface area contributed by atoms with Gasteiger partial charge < -0.3 is 14.8 Å². The van der Waals surface area contributed by atoms with Gasteiger partial charge in [0.2, 0.25) is 0 Å². The second-order valence-electron chi connectivity index (χ2n) is 10.1. The van der Waals surface area contributed by atoms with Crippen LogP contribution in [0, 0.1) is 5.92 Å². The number of hydrogen-bond acceptors (Lipinski definition) is 4. The van der Waals surface area contributed by atoms with Crippen molar-refractivity contribution in [1.29, 1.82) is 0 Å². The van der Waals surface area contributed by atoms with Crippen LogP contribution in [-0.2, 0) is 13.6 Å². The van der Waals surface area contributed by atoms with Gasteiger partial charge in [0.1, 0.15) is 5.69 Å². The highest BCUT2D eigenvalue weighted by atomic mass is 16.1. The Labute approximate surface area is 197 Å². The fraction of sp³-hybridized carbons (Fsp3) is 0.481. The van der Waals surface area contributed by atoms with E-state index in [1.54, 1.807) is 4.68 Å². The Bertz CT molecular complexity index is 1120. The Morgan fingerprint density at radius 2 is 1.76 bits per heavy atom. The Kier molecular flexibility index (Phi) is 6.91. The van der Waals surface area contributed by atoms with Crippen molar-refractivity contribution in [2.24, 2.45) is 13.0 Å². The second-order valence-corrected chi connectivity index (χ2v) is 10.1. The van der Waals surface area contributed by atoms with Crippen LogP contribution in [0.3, 0.4) is 0 Å². The summed E-state index contributed by atoms with van der Waals surface area (Å²) in [5.41, 5.74) is 5.49. The summed E-state index contributed by atoms with van der Waals surface area (Å²) in [6.45, 7) is 4.99. The van der Waals surface area contributed by atoms with Gasteiger partial charge in [0.25, 0.3) is 5.56 Å². The van der Waals surface area contributed by atoms with E-state index in [1.807, 2.05) is 36.3 Å². The Hall–Kier alpha value is -3.02. The molecule has 1 aromatic carbocycles. The third-order valence-electron chi connectivity index (χ3n) is 6.65. The summed E-state index contributed by atoms with van der Waals surface area (Å²) >= 11 is 0. The van der Waals surface area contributed by atoms with Gasteiger partial charge in [0, 0.05) is 62.9 Å². The zero-order valence-electron chi connectivity index (χ0n) is 20.6. The van der Waals surface area contributed by atoms with Crippen LogP contribution in [0.5, 0.6) is 0 Å². The van der Waals surface area contributed by atoms with Gasteiger partial charge in [-0.3, -0.25) is 9.48 Å². The highest BCUT2D eigenvalue weighted by molar-refractivity contribution is 5.65. The van der Waals surface area contributed by atoms with Crippen LogP contribution in [0.1, 0.15) is 51.0 Å². The number of aromatic nitrogens is 3. The standard InChI is InChI=1S/C27H37N5O/c1-19(2)16-32-18-22(23-15-28-31(5)17-23)14-26(27(32)33)29-24-10-6-20(7-11-24)21-8-12-25(13-9-21)30(3)4/h8-9,12-15,17-20,24,29H,6-7,10-11,16H2,1-5H3. The SMILES string of the molecule is CC(C)Cn1cc(-c2cnn(C)c2)cc(NC2CCC(c3ccc(N(C)C)cc3)CC2)c1=O. The lowest BCUT2D eigenvalue weighted by molar-refractivity contribution is 0.411. The summed E-state index contributed by atoms with van der Waals surface area (Å²) in [6.07, 6.45) is 10.2. The molecule has 0 aliphatic heterocycles. The van der Waals surface area contributed by atoms with Crippen molar-refractivity contribution in [3.05, 3.63) is 64.8 Å². The maximum Gasteiger partial charge on any atom is 0.273 e. The highest BCUT2D eigenvalue weighted by Gasteiger charge is 2.23. The zero-order valence-corrected chi connectivity index (χ0v) is 20.6. The van der Waals surface area contributed by atoms with Crippen LogP contribution >= 0.6 is 0 Å². The van der Waals surface area contributed by atoms with Crippen LogP contribution in [-0.4, -0.2) is 34.5 Å². The predicted molar refractivity (Wildman–Crippen MR) is 137 cm³/mol. The molecule has 0 amide bonds. The molecule has 33 heavy (non-hydrogen) atoms. The molecular weight excluding hydrogens is 410 g/mol. The van der Waals surface area contributed by atoms with Crippen molar-refractivity contribution >= 4 is 11.4 Å². The minimum Gasteiger partial charge on any atom is -0.378 e. The molecule has 176 valence electrons. The van der Waals surface area contributed by atoms with E-state index in [9.17, 15) is 4.79 Å². The number of aryl methyl sites for hydroxylation is 1. The van der Waals surface area contributed by atoms with E-state index in [-0.39, 0.29) is 5.56 Å². The van der Waals surface area contributed by atoms with E-state index in [1.165, 1.54) is 11.3 Å². The zero-order chi connectivity index (χ0) is 23.5. The van der Waals surface area contributed by atoms with Crippen molar-refractivity contribution in [3.63, 3.8) is 0 Å². The lowest BCUT2D eigenvalue weighted by atomic mass is 9.81. The monoisotopic (exact) mass is 447 g/mol. The van der Waals surface area contributed by atoms with Crippen LogP contribution in [0.4, 0.5) is 11.4 Å². The average molecular weight is 448 g/mol. The quantitative estimate of drug-likeness (QED) is 0.547. The molecule has 6 heteroatoms. The van der Waals surface area contributed by atoms with Gasteiger partial charge in [-0.25, -0.2) is 0 Å². The van der Waals surface area contributed by atoms with E-state index in [2.05, 4.69) is 67.5 Å². The first kappa shape index (κ1) is 23.1.